The number of nitrogens with zero attached hydrogens (tertiary/aromatic N) is 3. The van der Waals surface area contributed by atoms with Gasteiger partial charge in [-0.15, -0.1) is 5.10 Å². The predicted octanol–water partition coefficient (Wildman–Crippen LogP) is 3.38. The molecular formula is C24H27N3O4. The Labute approximate surface area is 181 Å². The van der Waals surface area contributed by atoms with Gasteiger partial charge in [0.25, 0.3) is 0 Å². The summed E-state index contributed by atoms with van der Waals surface area (Å²) in [5.74, 6) is 1.00. The number of hydrogen-bond donors (Lipinski definition) is 0. The number of benzene rings is 2. The fourth-order valence-corrected chi connectivity index (χ4v) is 3.97. The molecule has 1 aromatic heterocycles. The molecule has 2 aromatic carbocycles. The van der Waals surface area contributed by atoms with Crippen molar-refractivity contribution in [1.29, 1.82) is 0 Å². The first-order chi connectivity index (χ1) is 15.1. The van der Waals surface area contributed by atoms with E-state index in [9.17, 15) is 9.59 Å². The van der Waals surface area contributed by atoms with Crippen molar-refractivity contribution in [3.63, 3.8) is 0 Å². The molecule has 0 unspecified atom stereocenters. The van der Waals surface area contributed by atoms with Gasteiger partial charge in [0, 0.05) is 18.7 Å². The highest BCUT2D eigenvalue weighted by Gasteiger charge is 2.24. The van der Waals surface area contributed by atoms with Crippen LogP contribution in [0.15, 0.2) is 63.8 Å². The van der Waals surface area contributed by atoms with Gasteiger partial charge in [-0.3, -0.25) is 4.79 Å². The number of methoxy groups -OCH3 is 1. The van der Waals surface area contributed by atoms with Gasteiger partial charge in [0.2, 0.25) is 11.8 Å². The number of rotatable bonds is 7. The monoisotopic (exact) mass is 421 g/mol. The summed E-state index contributed by atoms with van der Waals surface area (Å²) in [6, 6.07) is 17.4. The summed E-state index contributed by atoms with van der Waals surface area (Å²) < 4.78 is 11.5. The normalized spacial score (nSPS) is 14.5. The van der Waals surface area contributed by atoms with Crippen LogP contribution in [0.4, 0.5) is 0 Å². The smallest absolute Gasteiger partial charge is 0.437 e. The highest BCUT2D eigenvalue weighted by molar-refractivity contribution is 5.76. The summed E-state index contributed by atoms with van der Waals surface area (Å²) in [5, 5.41) is 4.19. The standard InChI is InChI=1S/C24H27N3O4/c1-30-21-11-9-18(10-12-21)7-8-19-13-15-26(16-14-19)22(28)17-27-24(29)31-23(25-27)20-5-3-2-4-6-20/h2-6,9-12,19H,7-8,13-17H2,1H3. The van der Waals surface area contributed by atoms with Crippen LogP contribution < -0.4 is 10.5 Å². The van der Waals surface area contributed by atoms with E-state index in [1.54, 1.807) is 7.11 Å². The van der Waals surface area contributed by atoms with Gasteiger partial charge in [-0.1, -0.05) is 30.3 Å². The third kappa shape index (κ3) is 5.23. The van der Waals surface area contributed by atoms with Crippen molar-refractivity contribution in [2.75, 3.05) is 20.2 Å². The first kappa shape index (κ1) is 20.9. The molecule has 0 radical (unpaired) electrons. The summed E-state index contributed by atoms with van der Waals surface area (Å²) in [6.07, 6.45) is 4.09. The minimum Gasteiger partial charge on any atom is -0.497 e. The first-order valence-electron chi connectivity index (χ1n) is 10.7. The van der Waals surface area contributed by atoms with E-state index in [0.717, 1.165) is 36.1 Å². The van der Waals surface area contributed by atoms with E-state index < -0.39 is 5.76 Å². The van der Waals surface area contributed by atoms with Crippen LogP contribution in [0.2, 0.25) is 0 Å². The lowest BCUT2D eigenvalue weighted by Crippen LogP contribution is -2.41. The maximum absolute atomic E-state index is 12.7. The van der Waals surface area contributed by atoms with Crippen molar-refractivity contribution < 1.29 is 13.9 Å². The molecule has 3 aromatic rings. The minimum atomic E-state index is -0.610. The van der Waals surface area contributed by atoms with E-state index in [1.165, 1.54) is 5.56 Å². The number of carbonyl (C=O) groups is 1. The van der Waals surface area contributed by atoms with Gasteiger partial charge in [-0.2, -0.15) is 4.68 Å². The Balaban J connectivity index is 1.26. The molecule has 0 saturated carbocycles. The number of ether oxygens (including phenoxy) is 1. The average Bonchev–Trinajstić information content (AvgIpc) is 3.19. The van der Waals surface area contributed by atoms with E-state index in [4.69, 9.17) is 9.15 Å². The van der Waals surface area contributed by atoms with E-state index in [1.807, 2.05) is 47.4 Å². The third-order valence-corrected chi connectivity index (χ3v) is 5.88. The largest absolute Gasteiger partial charge is 0.497 e. The minimum absolute atomic E-state index is 0.0916. The second-order valence-electron chi connectivity index (χ2n) is 7.91. The lowest BCUT2D eigenvalue weighted by Gasteiger charge is -2.32. The molecule has 7 heteroatoms. The summed E-state index contributed by atoms with van der Waals surface area (Å²) in [7, 11) is 1.67. The maximum Gasteiger partial charge on any atom is 0.437 e. The van der Waals surface area contributed by atoms with E-state index in [-0.39, 0.29) is 18.3 Å². The summed E-state index contributed by atoms with van der Waals surface area (Å²) in [4.78, 5) is 26.6. The van der Waals surface area contributed by atoms with Crippen LogP contribution in [0, 0.1) is 5.92 Å². The zero-order valence-corrected chi connectivity index (χ0v) is 17.7. The van der Waals surface area contributed by atoms with Crippen LogP contribution in [-0.4, -0.2) is 40.8 Å². The molecule has 0 N–H and O–H groups in total. The molecule has 1 aliphatic heterocycles. The molecule has 162 valence electrons. The van der Waals surface area contributed by atoms with Gasteiger partial charge in [0.05, 0.1) is 7.11 Å². The zero-order valence-electron chi connectivity index (χ0n) is 17.7. The Bertz CT molecular complexity index is 1050. The second kappa shape index (κ2) is 9.64. The molecule has 1 saturated heterocycles. The number of aromatic nitrogens is 2. The van der Waals surface area contributed by atoms with Crippen LogP contribution in [0.3, 0.4) is 0 Å². The molecule has 4 rings (SSSR count). The Kier molecular flexibility index (Phi) is 6.50. The van der Waals surface area contributed by atoms with Crippen LogP contribution in [0.5, 0.6) is 5.75 Å². The fraction of sp³-hybridized carbons (Fsp3) is 0.375. The first-order valence-corrected chi connectivity index (χ1v) is 10.7. The van der Waals surface area contributed by atoms with Crippen LogP contribution in [0.1, 0.15) is 24.8 Å². The van der Waals surface area contributed by atoms with E-state index in [2.05, 4.69) is 17.2 Å². The maximum atomic E-state index is 12.7. The topological polar surface area (TPSA) is 77.6 Å². The Morgan fingerprint density at radius 2 is 1.81 bits per heavy atom. The Hall–Kier alpha value is -3.35. The van der Waals surface area contributed by atoms with Crippen molar-refractivity contribution in [1.82, 2.24) is 14.7 Å². The lowest BCUT2D eigenvalue weighted by atomic mass is 9.90. The average molecular weight is 421 g/mol. The highest BCUT2D eigenvalue weighted by atomic mass is 16.5. The molecule has 1 fully saturated rings. The van der Waals surface area contributed by atoms with Crippen molar-refractivity contribution in [3.8, 4) is 17.2 Å². The molecular weight excluding hydrogens is 394 g/mol. The lowest BCUT2D eigenvalue weighted by molar-refractivity contribution is -0.133. The van der Waals surface area contributed by atoms with Gasteiger partial charge in [0.15, 0.2) is 0 Å². The predicted molar refractivity (Wildman–Crippen MR) is 117 cm³/mol. The van der Waals surface area contributed by atoms with E-state index >= 15 is 0 Å². The number of hydrogen-bond acceptors (Lipinski definition) is 5. The summed E-state index contributed by atoms with van der Waals surface area (Å²) in [6.45, 7) is 1.33. The van der Waals surface area contributed by atoms with Gasteiger partial charge in [0.1, 0.15) is 12.3 Å². The Morgan fingerprint density at radius 1 is 1.10 bits per heavy atom. The van der Waals surface area contributed by atoms with Crippen molar-refractivity contribution in [3.05, 3.63) is 70.7 Å². The zero-order chi connectivity index (χ0) is 21.6. The number of aryl methyl sites for hydroxylation is 1. The molecule has 1 aliphatic rings. The number of amides is 1. The van der Waals surface area contributed by atoms with Crippen LogP contribution >= 0.6 is 0 Å². The third-order valence-electron chi connectivity index (χ3n) is 5.88. The molecule has 7 nitrogen and oxygen atoms in total. The van der Waals surface area contributed by atoms with Gasteiger partial charge >= 0.3 is 5.76 Å². The van der Waals surface area contributed by atoms with Gasteiger partial charge < -0.3 is 14.1 Å². The molecule has 1 amide bonds. The Morgan fingerprint density at radius 3 is 2.48 bits per heavy atom. The molecule has 2 heterocycles. The fourth-order valence-electron chi connectivity index (χ4n) is 3.97. The summed E-state index contributed by atoms with van der Waals surface area (Å²) >= 11 is 0. The quantitative estimate of drug-likeness (QED) is 0.584. The van der Waals surface area contributed by atoms with Crippen molar-refractivity contribution >= 4 is 5.91 Å². The van der Waals surface area contributed by atoms with Gasteiger partial charge in [-0.05, 0) is 61.4 Å². The number of carbonyl (C=O) groups excluding carboxylic acids is 1. The SMILES string of the molecule is COc1ccc(CCC2CCN(C(=O)Cn3nc(-c4ccccc4)oc3=O)CC2)cc1. The second-order valence-corrected chi connectivity index (χ2v) is 7.91. The summed E-state index contributed by atoms with van der Waals surface area (Å²) in [5.41, 5.74) is 2.02. The van der Waals surface area contributed by atoms with E-state index in [0.29, 0.717) is 24.6 Å². The molecule has 0 spiro atoms. The molecule has 0 bridgehead atoms. The van der Waals surface area contributed by atoms with Crippen LogP contribution in [-0.2, 0) is 17.8 Å². The number of likely N-dealkylation sites (tertiary alicyclic amines) is 1. The van der Waals surface area contributed by atoms with Crippen molar-refractivity contribution in [2.24, 2.45) is 5.92 Å². The molecule has 31 heavy (non-hydrogen) atoms. The molecule has 0 aliphatic carbocycles. The molecule has 0 atom stereocenters. The van der Waals surface area contributed by atoms with Crippen molar-refractivity contribution in [2.45, 2.75) is 32.2 Å². The highest BCUT2D eigenvalue weighted by Crippen LogP contribution is 2.23. The van der Waals surface area contributed by atoms with Crippen LogP contribution in [0.25, 0.3) is 11.5 Å². The number of piperidine rings is 1. The van der Waals surface area contributed by atoms with Gasteiger partial charge in [-0.25, -0.2) is 4.79 Å².